The number of rotatable bonds is 7. The summed E-state index contributed by atoms with van der Waals surface area (Å²) in [5, 5.41) is 7.39. The summed E-state index contributed by atoms with van der Waals surface area (Å²) < 4.78 is 7.06. The van der Waals surface area contributed by atoms with Crippen molar-refractivity contribution in [2.45, 2.75) is 51.5 Å². The molecular formula is C22H26N4O2S. The summed E-state index contributed by atoms with van der Waals surface area (Å²) in [5.74, 6) is 1.12. The summed E-state index contributed by atoms with van der Waals surface area (Å²) in [4.78, 5) is 21.0. The molecule has 152 valence electrons. The van der Waals surface area contributed by atoms with Gasteiger partial charge in [0.2, 0.25) is 0 Å². The Morgan fingerprint density at radius 1 is 1.17 bits per heavy atom. The molecule has 2 aromatic heterocycles. The number of nitrogens with one attached hydrogen (secondary N) is 2. The number of ether oxygens (including phenoxy) is 1. The zero-order chi connectivity index (χ0) is 20.1. The van der Waals surface area contributed by atoms with Crippen LogP contribution in [0.25, 0.3) is 10.2 Å². The van der Waals surface area contributed by atoms with Crippen LogP contribution in [0, 0.1) is 0 Å². The van der Waals surface area contributed by atoms with Crippen LogP contribution >= 0.6 is 11.3 Å². The molecule has 1 aliphatic carbocycles. The Kier molecular flexibility index (Phi) is 6.24. The molecule has 0 unspecified atom stereocenters. The Hall–Kier alpha value is -2.67. The van der Waals surface area contributed by atoms with Crippen molar-refractivity contribution < 1.29 is 9.53 Å². The minimum Gasteiger partial charge on any atom is -0.457 e. The predicted octanol–water partition coefficient (Wildman–Crippen LogP) is 5.37. The smallest absolute Gasteiger partial charge is 0.270 e. The molecule has 0 saturated heterocycles. The maximum absolute atomic E-state index is 12.1. The van der Waals surface area contributed by atoms with Gasteiger partial charge in [0.15, 0.2) is 5.13 Å². The average molecular weight is 411 g/mol. The Bertz CT molecular complexity index is 982. The quantitative estimate of drug-likeness (QED) is 0.548. The van der Waals surface area contributed by atoms with Crippen LogP contribution in [-0.4, -0.2) is 28.5 Å². The maximum Gasteiger partial charge on any atom is 0.270 e. The number of pyridine rings is 1. The first-order valence-corrected chi connectivity index (χ1v) is 11.1. The third-order valence-corrected chi connectivity index (χ3v) is 5.98. The number of carbonyl (C=O) groups excluding carboxylic acids is 1. The Balaban J connectivity index is 1.46. The fraction of sp³-hybridized carbons (Fsp3) is 0.409. The van der Waals surface area contributed by atoms with Gasteiger partial charge in [-0.25, -0.2) is 4.98 Å². The maximum atomic E-state index is 12.1. The van der Waals surface area contributed by atoms with Crippen molar-refractivity contribution in [3.63, 3.8) is 0 Å². The van der Waals surface area contributed by atoms with Gasteiger partial charge in [0.1, 0.15) is 17.2 Å². The van der Waals surface area contributed by atoms with Crippen molar-refractivity contribution in [1.29, 1.82) is 0 Å². The van der Waals surface area contributed by atoms with Crippen LogP contribution in [0.3, 0.4) is 0 Å². The molecule has 6 nitrogen and oxygen atoms in total. The minimum atomic E-state index is -0.186. The van der Waals surface area contributed by atoms with Gasteiger partial charge < -0.3 is 15.4 Å². The second-order valence-electron chi connectivity index (χ2n) is 7.36. The zero-order valence-corrected chi connectivity index (χ0v) is 17.4. The molecule has 1 saturated carbocycles. The Morgan fingerprint density at radius 3 is 2.83 bits per heavy atom. The fourth-order valence-corrected chi connectivity index (χ4v) is 4.49. The SMILES string of the molecule is CCCNC(=O)c1cc(Oc2ccc3nc(NC4CCCCC4)sc3c2)ccn1. The van der Waals surface area contributed by atoms with Gasteiger partial charge in [-0.05, 0) is 37.5 Å². The standard InChI is InChI=1S/C22H26N4O2S/c1-2-11-24-21(27)19-13-17(10-12-23-19)28-16-8-9-18-20(14-16)29-22(26-18)25-15-6-4-3-5-7-15/h8-10,12-15H,2-7,11H2,1H3,(H,24,27)(H,25,26). The van der Waals surface area contributed by atoms with E-state index in [4.69, 9.17) is 9.72 Å². The lowest BCUT2D eigenvalue weighted by atomic mass is 9.96. The highest BCUT2D eigenvalue weighted by Crippen LogP contribution is 2.32. The largest absolute Gasteiger partial charge is 0.457 e. The second kappa shape index (κ2) is 9.22. The highest BCUT2D eigenvalue weighted by molar-refractivity contribution is 7.22. The first kappa shape index (κ1) is 19.6. The van der Waals surface area contributed by atoms with Crippen LogP contribution in [0.2, 0.25) is 0 Å². The number of anilines is 1. The van der Waals surface area contributed by atoms with Gasteiger partial charge in [-0.15, -0.1) is 0 Å². The van der Waals surface area contributed by atoms with E-state index in [-0.39, 0.29) is 5.91 Å². The van der Waals surface area contributed by atoms with Gasteiger partial charge in [0.05, 0.1) is 10.2 Å². The summed E-state index contributed by atoms with van der Waals surface area (Å²) in [5.41, 5.74) is 1.32. The molecule has 4 rings (SSSR count). The lowest BCUT2D eigenvalue weighted by Crippen LogP contribution is -2.24. The van der Waals surface area contributed by atoms with Gasteiger partial charge in [0.25, 0.3) is 5.91 Å². The molecule has 1 aliphatic rings. The number of carbonyl (C=O) groups is 1. The molecule has 0 spiro atoms. The summed E-state index contributed by atoms with van der Waals surface area (Å²) in [7, 11) is 0. The predicted molar refractivity (Wildman–Crippen MR) is 117 cm³/mol. The summed E-state index contributed by atoms with van der Waals surface area (Å²) in [6.45, 7) is 2.64. The molecule has 7 heteroatoms. The lowest BCUT2D eigenvalue weighted by molar-refractivity contribution is 0.0948. The number of aromatic nitrogens is 2. The number of hydrogen-bond acceptors (Lipinski definition) is 6. The van der Waals surface area contributed by atoms with Crippen LogP contribution in [-0.2, 0) is 0 Å². The Morgan fingerprint density at radius 2 is 2.00 bits per heavy atom. The van der Waals surface area contributed by atoms with Gasteiger partial charge >= 0.3 is 0 Å². The van der Waals surface area contributed by atoms with Crippen molar-refractivity contribution in [3.8, 4) is 11.5 Å². The van der Waals surface area contributed by atoms with Gasteiger partial charge in [-0.3, -0.25) is 9.78 Å². The second-order valence-corrected chi connectivity index (χ2v) is 8.39. The summed E-state index contributed by atoms with van der Waals surface area (Å²) in [6.07, 6.45) is 8.86. The monoisotopic (exact) mass is 410 g/mol. The third kappa shape index (κ3) is 5.03. The van der Waals surface area contributed by atoms with E-state index in [0.29, 0.717) is 24.0 Å². The van der Waals surface area contributed by atoms with Gasteiger partial charge in [0, 0.05) is 30.9 Å². The fourth-order valence-electron chi connectivity index (χ4n) is 3.52. The number of benzene rings is 1. The van der Waals surface area contributed by atoms with Crippen LogP contribution < -0.4 is 15.4 Å². The number of nitrogens with zero attached hydrogens (tertiary/aromatic N) is 2. The minimum absolute atomic E-state index is 0.186. The zero-order valence-electron chi connectivity index (χ0n) is 16.6. The van der Waals surface area contributed by atoms with Crippen molar-refractivity contribution in [3.05, 3.63) is 42.2 Å². The molecule has 0 radical (unpaired) electrons. The molecule has 29 heavy (non-hydrogen) atoms. The highest BCUT2D eigenvalue weighted by atomic mass is 32.1. The topological polar surface area (TPSA) is 76.1 Å². The molecular weight excluding hydrogens is 384 g/mol. The van der Waals surface area contributed by atoms with Crippen LogP contribution in [0.5, 0.6) is 11.5 Å². The third-order valence-electron chi connectivity index (χ3n) is 5.03. The highest BCUT2D eigenvalue weighted by Gasteiger charge is 2.15. The van der Waals surface area contributed by atoms with E-state index in [2.05, 4.69) is 15.6 Å². The molecule has 0 atom stereocenters. The molecule has 3 aromatic rings. The normalized spacial score (nSPS) is 14.7. The van der Waals surface area contributed by atoms with E-state index in [0.717, 1.165) is 27.5 Å². The molecule has 1 amide bonds. The molecule has 2 N–H and O–H groups in total. The van der Waals surface area contributed by atoms with E-state index < -0.39 is 0 Å². The molecule has 1 fully saturated rings. The first-order valence-electron chi connectivity index (χ1n) is 10.3. The van der Waals surface area contributed by atoms with Crippen LogP contribution in [0.4, 0.5) is 5.13 Å². The van der Waals surface area contributed by atoms with E-state index in [1.54, 1.807) is 29.7 Å². The van der Waals surface area contributed by atoms with Crippen molar-refractivity contribution in [1.82, 2.24) is 15.3 Å². The number of hydrogen-bond donors (Lipinski definition) is 2. The average Bonchev–Trinajstić information content (AvgIpc) is 3.14. The van der Waals surface area contributed by atoms with Gasteiger partial charge in [-0.1, -0.05) is 37.5 Å². The molecule has 0 bridgehead atoms. The number of amides is 1. The Labute approximate surface area is 174 Å². The van der Waals surface area contributed by atoms with Crippen molar-refractivity contribution >= 4 is 32.6 Å². The van der Waals surface area contributed by atoms with E-state index >= 15 is 0 Å². The lowest BCUT2D eigenvalue weighted by Gasteiger charge is -2.22. The van der Waals surface area contributed by atoms with E-state index in [1.165, 1.54) is 32.1 Å². The molecule has 0 aliphatic heterocycles. The van der Waals surface area contributed by atoms with Crippen molar-refractivity contribution in [2.24, 2.45) is 0 Å². The van der Waals surface area contributed by atoms with Crippen molar-refractivity contribution in [2.75, 3.05) is 11.9 Å². The van der Waals surface area contributed by atoms with E-state index in [9.17, 15) is 4.79 Å². The van der Waals surface area contributed by atoms with Gasteiger partial charge in [-0.2, -0.15) is 0 Å². The first-order chi connectivity index (χ1) is 14.2. The van der Waals surface area contributed by atoms with Crippen LogP contribution in [0.1, 0.15) is 55.9 Å². The number of fused-ring (bicyclic) bond motifs is 1. The van der Waals surface area contributed by atoms with E-state index in [1.807, 2.05) is 25.1 Å². The molecule has 2 heterocycles. The molecule has 1 aromatic carbocycles. The summed E-state index contributed by atoms with van der Waals surface area (Å²) >= 11 is 1.65. The van der Waals surface area contributed by atoms with Crippen LogP contribution in [0.15, 0.2) is 36.5 Å². The summed E-state index contributed by atoms with van der Waals surface area (Å²) in [6, 6.07) is 9.83. The number of thiazole rings is 1.